The zero-order valence-electron chi connectivity index (χ0n) is 7.81. The van der Waals surface area contributed by atoms with E-state index in [1.165, 1.54) is 0 Å². The standard InChI is InChI=1S/C10H11BrFNO/c1-7-4-8(6-9(11)5-7)10(14)13-3-2-12/h4-6H,2-3H2,1H3,(H,13,14). The van der Waals surface area contributed by atoms with Crippen LogP contribution in [0.1, 0.15) is 15.9 Å². The molecule has 0 saturated heterocycles. The number of hydrogen-bond acceptors (Lipinski definition) is 1. The Bertz CT molecular complexity index is 321. The van der Waals surface area contributed by atoms with Gasteiger partial charge in [-0.05, 0) is 30.7 Å². The third-order valence-corrected chi connectivity index (χ3v) is 2.14. The molecule has 76 valence electrons. The lowest BCUT2D eigenvalue weighted by Crippen LogP contribution is -2.25. The molecule has 14 heavy (non-hydrogen) atoms. The summed E-state index contributed by atoms with van der Waals surface area (Å²) in [6, 6.07) is 5.38. The van der Waals surface area contributed by atoms with Gasteiger partial charge in [-0.3, -0.25) is 4.79 Å². The zero-order valence-corrected chi connectivity index (χ0v) is 9.40. The Morgan fingerprint density at radius 3 is 2.79 bits per heavy atom. The first-order valence-electron chi connectivity index (χ1n) is 4.25. The minimum atomic E-state index is -0.543. The molecule has 1 N–H and O–H groups in total. The first kappa shape index (κ1) is 11.2. The van der Waals surface area contributed by atoms with Gasteiger partial charge in [0.1, 0.15) is 6.67 Å². The summed E-state index contributed by atoms with van der Waals surface area (Å²) in [7, 11) is 0. The highest BCUT2D eigenvalue weighted by atomic mass is 79.9. The molecule has 0 atom stereocenters. The van der Waals surface area contributed by atoms with Gasteiger partial charge in [0.2, 0.25) is 0 Å². The Labute approximate surface area is 90.6 Å². The van der Waals surface area contributed by atoms with Gasteiger partial charge < -0.3 is 5.32 Å². The van der Waals surface area contributed by atoms with Crippen LogP contribution >= 0.6 is 15.9 Å². The van der Waals surface area contributed by atoms with Crippen molar-refractivity contribution in [3.05, 3.63) is 33.8 Å². The monoisotopic (exact) mass is 259 g/mol. The summed E-state index contributed by atoms with van der Waals surface area (Å²) in [5.41, 5.74) is 1.54. The fourth-order valence-corrected chi connectivity index (χ4v) is 1.74. The van der Waals surface area contributed by atoms with E-state index in [-0.39, 0.29) is 12.5 Å². The number of rotatable bonds is 3. The largest absolute Gasteiger partial charge is 0.349 e. The van der Waals surface area contributed by atoms with Gasteiger partial charge in [0, 0.05) is 16.6 Å². The Hall–Kier alpha value is -0.900. The lowest BCUT2D eigenvalue weighted by atomic mass is 10.1. The third-order valence-electron chi connectivity index (χ3n) is 1.68. The molecule has 0 aromatic heterocycles. The zero-order chi connectivity index (χ0) is 10.6. The van der Waals surface area contributed by atoms with E-state index in [2.05, 4.69) is 21.2 Å². The van der Waals surface area contributed by atoms with Crippen LogP contribution in [0, 0.1) is 6.92 Å². The Morgan fingerprint density at radius 2 is 2.21 bits per heavy atom. The summed E-state index contributed by atoms with van der Waals surface area (Å²) < 4.78 is 12.7. The van der Waals surface area contributed by atoms with Crippen molar-refractivity contribution in [3.8, 4) is 0 Å². The molecular weight excluding hydrogens is 249 g/mol. The van der Waals surface area contributed by atoms with E-state index in [9.17, 15) is 9.18 Å². The molecule has 1 aromatic carbocycles. The topological polar surface area (TPSA) is 29.1 Å². The number of carbonyl (C=O) groups excluding carboxylic acids is 1. The molecule has 0 fully saturated rings. The fourth-order valence-electron chi connectivity index (χ4n) is 1.13. The molecule has 1 rings (SSSR count). The number of benzene rings is 1. The molecule has 0 bridgehead atoms. The highest BCUT2D eigenvalue weighted by Gasteiger charge is 2.05. The molecule has 0 saturated carbocycles. The van der Waals surface area contributed by atoms with Crippen LogP contribution in [0.2, 0.25) is 0 Å². The second kappa shape index (κ2) is 5.10. The van der Waals surface area contributed by atoms with Crippen LogP contribution in [0.3, 0.4) is 0 Å². The number of nitrogens with one attached hydrogen (secondary N) is 1. The Balaban J connectivity index is 2.79. The maximum absolute atomic E-state index is 11.8. The number of carbonyl (C=O) groups is 1. The number of halogens is 2. The summed E-state index contributed by atoms with van der Waals surface area (Å²) in [6.45, 7) is 1.42. The minimum Gasteiger partial charge on any atom is -0.349 e. The SMILES string of the molecule is Cc1cc(Br)cc(C(=O)NCCF)c1. The van der Waals surface area contributed by atoms with Crippen LogP contribution in [0.4, 0.5) is 4.39 Å². The van der Waals surface area contributed by atoms with Crippen LogP contribution in [0.25, 0.3) is 0 Å². The van der Waals surface area contributed by atoms with E-state index >= 15 is 0 Å². The van der Waals surface area contributed by atoms with Crippen LogP contribution in [0.5, 0.6) is 0 Å². The highest BCUT2D eigenvalue weighted by Crippen LogP contribution is 2.15. The summed E-state index contributed by atoms with van der Waals surface area (Å²) >= 11 is 3.30. The predicted octanol–water partition coefficient (Wildman–Crippen LogP) is 2.46. The molecule has 0 spiro atoms. The average molecular weight is 260 g/mol. The maximum Gasteiger partial charge on any atom is 0.251 e. The van der Waals surface area contributed by atoms with E-state index in [0.717, 1.165) is 10.0 Å². The van der Waals surface area contributed by atoms with Crippen LogP contribution < -0.4 is 5.32 Å². The van der Waals surface area contributed by atoms with E-state index in [1.807, 2.05) is 13.0 Å². The lowest BCUT2D eigenvalue weighted by molar-refractivity contribution is 0.0950. The van der Waals surface area contributed by atoms with Crippen molar-refractivity contribution in [2.24, 2.45) is 0 Å². The van der Waals surface area contributed by atoms with Crippen LogP contribution in [0.15, 0.2) is 22.7 Å². The van der Waals surface area contributed by atoms with Gasteiger partial charge in [0.25, 0.3) is 5.91 Å². The normalized spacial score (nSPS) is 9.93. The van der Waals surface area contributed by atoms with Gasteiger partial charge in [0.15, 0.2) is 0 Å². The number of amides is 1. The summed E-state index contributed by atoms with van der Waals surface area (Å²) in [5.74, 6) is -0.243. The summed E-state index contributed by atoms with van der Waals surface area (Å²) in [5, 5.41) is 2.47. The van der Waals surface area contributed by atoms with Gasteiger partial charge in [-0.1, -0.05) is 15.9 Å². The van der Waals surface area contributed by atoms with Crippen molar-refractivity contribution in [3.63, 3.8) is 0 Å². The third kappa shape index (κ3) is 3.10. The molecule has 0 aliphatic rings. The van der Waals surface area contributed by atoms with E-state index in [1.54, 1.807) is 12.1 Å². The maximum atomic E-state index is 11.8. The second-order valence-corrected chi connectivity index (χ2v) is 3.88. The fraction of sp³-hybridized carbons (Fsp3) is 0.300. The van der Waals surface area contributed by atoms with Gasteiger partial charge >= 0.3 is 0 Å². The van der Waals surface area contributed by atoms with E-state index in [4.69, 9.17) is 0 Å². The molecule has 4 heteroatoms. The minimum absolute atomic E-state index is 0.0599. The quantitative estimate of drug-likeness (QED) is 0.888. The first-order chi connectivity index (χ1) is 6.63. The predicted molar refractivity (Wildman–Crippen MR) is 57.2 cm³/mol. The van der Waals surface area contributed by atoms with Crippen molar-refractivity contribution < 1.29 is 9.18 Å². The molecule has 0 aliphatic carbocycles. The van der Waals surface area contributed by atoms with Crippen molar-refractivity contribution in [2.75, 3.05) is 13.2 Å². The molecule has 0 aliphatic heterocycles. The summed E-state index contributed by atoms with van der Waals surface area (Å²) in [6.07, 6.45) is 0. The molecule has 1 amide bonds. The van der Waals surface area contributed by atoms with E-state index in [0.29, 0.717) is 5.56 Å². The van der Waals surface area contributed by atoms with Crippen molar-refractivity contribution in [2.45, 2.75) is 6.92 Å². The number of alkyl halides is 1. The molecule has 1 aromatic rings. The van der Waals surface area contributed by atoms with Crippen LogP contribution in [-0.4, -0.2) is 19.1 Å². The number of aryl methyl sites for hydroxylation is 1. The Morgan fingerprint density at radius 1 is 1.50 bits per heavy atom. The first-order valence-corrected chi connectivity index (χ1v) is 5.04. The summed E-state index contributed by atoms with van der Waals surface area (Å²) in [4.78, 5) is 11.4. The molecular formula is C10H11BrFNO. The van der Waals surface area contributed by atoms with E-state index < -0.39 is 6.67 Å². The van der Waals surface area contributed by atoms with Gasteiger partial charge in [-0.2, -0.15) is 0 Å². The highest BCUT2D eigenvalue weighted by molar-refractivity contribution is 9.10. The van der Waals surface area contributed by atoms with Crippen molar-refractivity contribution in [1.82, 2.24) is 5.32 Å². The van der Waals surface area contributed by atoms with Crippen molar-refractivity contribution in [1.29, 1.82) is 0 Å². The second-order valence-electron chi connectivity index (χ2n) is 2.96. The van der Waals surface area contributed by atoms with Gasteiger partial charge in [-0.15, -0.1) is 0 Å². The van der Waals surface area contributed by atoms with Gasteiger partial charge in [0.05, 0.1) is 0 Å². The molecule has 0 radical (unpaired) electrons. The number of hydrogen-bond donors (Lipinski definition) is 1. The van der Waals surface area contributed by atoms with Gasteiger partial charge in [-0.25, -0.2) is 4.39 Å². The van der Waals surface area contributed by atoms with Crippen LogP contribution in [-0.2, 0) is 0 Å². The average Bonchev–Trinajstić information content (AvgIpc) is 2.12. The molecule has 0 heterocycles. The Kier molecular flexibility index (Phi) is 4.07. The lowest BCUT2D eigenvalue weighted by Gasteiger charge is -2.04. The van der Waals surface area contributed by atoms with Crippen molar-refractivity contribution >= 4 is 21.8 Å². The molecule has 0 unspecified atom stereocenters. The smallest absolute Gasteiger partial charge is 0.251 e. The molecule has 2 nitrogen and oxygen atoms in total.